The zero-order valence-electron chi connectivity index (χ0n) is 18.7. The summed E-state index contributed by atoms with van der Waals surface area (Å²) in [7, 11) is 0. The number of nitro groups is 1. The highest BCUT2D eigenvalue weighted by molar-refractivity contribution is 6.05. The molecule has 9 nitrogen and oxygen atoms in total. The van der Waals surface area contributed by atoms with Crippen LogP contribution in [-0.2, 0) is 6.18 Å². The number of alkyl halides is 3. The number of nitro benzene ring substituents is 1. The van der Waals surface area contributed by atoms with Crippen molar-refractivity contribution in [3.05, 3.63) is 93.8 Å². The van der Waals surface area contributed by atoms with Gasteiger partial charge in [-0.15, -0.1) is 0 Å². The van der Waals surface area contributed by atoms with Gasteiger partial charge in [0.25, 0.3) is 17.5 Å². The summed E-state index contributed by atoms with van der Waals surface area (Å²) >= 11 is 0. The first kappa shape index (κ1) is 24.6. The second kappa shape index (κ2) is 10.0. The Morgan fingerprint density at radius 1 is 0.972 bits per heavy atom. The maximum absolute atomic E-state index is 13.0. The lowest BCUT2D eigenvalue weighted by Gasteiger charge is -2.36. The highest BCUT2D eigenvalue weighted by atomic mass is 19.4. The summed E-state index contributed by atoms with van der Waals surface area (Å²) in [5, 5.41) is 14.1. The Balaban J connectivity index is 1.43. The number of benzene rings is 2. The molecule has 0 spiro atoms. The van der Waals surface area contributed by atoms with Gasteiger partial charge in [0.15, 0.2) is 0 Å². The van der Waals surface area contributed by atoms with E-state index in [1.165, 1.54) is 6.20 Å². The molecule has 0 radical (unpaired) electrons. The average Bonchev–Trinajstić information content (AvgIpc) is 2.88. The van der Waals surface area contributed by atoms with Gasteiger partial charge in [0.1, 0.15) is 5.69 Å². The van der Waals surface area contributed by atoms with Crippen molar-refractivity contribution in [2.75, 3.05) is 36.4 Å². The van der Waals surface area contributed by atoms with Gasteiger partial charge >= 0.3 is 6.18 Å². The molecule has 0 unspecified atom stereocenters. The number of anilines is 2. The van der Waals surface area contributed by atoms with E-state index in [0.29, 0.717) is 22.9 Å². The summed E-state index contributed by atoms with van der Waals surface area (Å²) in [5.74, 6) is -0.673. The fourth-order valence-electron chi connectivity index (χ4n) is 3.88. The van der Waals surface area contributed by atoms with Gasteiger partial charge in [-0.1, -0.05) is 6.07 Å². The van der Waals surface area contributed by atoms with Crippen LogP contribution in [0.25, 0.3) is 0 Å². The number of nitrogens with one attached hydrogen (secondary N) is 1. The minimum atomic E-state index is -4.69. The maximum Gasteiger partial charge on any atom is 0.416 e. The van der Waals surface area contributed by atoms with E-state index in [9.17, 15) is 32.9 Å². The summed E-state index contributed by atoms with van der Waals surface area (Å²) in [6, 6.07) is 12.1. The first-order valence-electron chi connectivity index (χ1n) is 10.8. The third-order valence-electron chi connectivity index (χ3n) is 5.70. The SMILES string of the molecule is O=C(Nc1cccc(C(=O)N2CCN(c3ccc(C(F)(F)F)cc3[N+](=O)[O-])CC2)c1)c1cccnc1. The second-order valence-electron chi connectivity index (χ2n) is 8.01. The summed E-state index contributed by atoms with van der Waals surface area (Å²) < 4.78 is 39.0. The van der Waals surface area contributed by atoms with E-state index in [2.05, 4.69) is 10.3 Å². The molecule has 1 fully saturated rings. The van der Waals surface area contributed by atoms with Crippen LogP contribution < -0.4 is 10.2 Å². The van der Waals surface area contributed by atoms with Crippen LogP contribution in [0.4, 0.5) is 30.2 Å². The topological polar surface area (TPSA) is 109 Å². The smallest absolute Gasteiger partial charge is 0.362 e. The molecule has 12 heteroatoms. The zero-order valence-corrected chi connectivity index (χ0v) is 18.7. The van der Waals surface area contributed by atoms with Crippen molar-refractivity contribution in [3.63, 3.8) is 0 Å². The van der Waals surface area contributed by atoms with Crippen molar-refractivity contribution in [1.82, 2.24) is 9.88 Å². The zero-order chi connectivity index (χ0) is 25.9. The van der Waals surface area contributed by atoms with Crippen LogP contribution in [0.3, 0.4) is 0 Å². The van der Waals surface area contributed by atoms with Crippen LogP contribution in [0.5, 0.6) is 0 Å². The molecule has 0 aliphatic carbocycles. The van der Waals surface area contributed by atoms with Crippen molar-refractivity contribution in [3.8, 4) is 0 Å². The number of amides is 2. The van der Waals surface area contributed by atoms with Gasteiger partial charge in [0.2, 0.25) is 0 Å². The number of nitrogens with zero attached hydrogens (tertiary/aromatic N) is 4. The van der Waals surface area contributed by atoms with Crippen LogP contribution in [0, 0.1) is 10.1 Å². The monoisotopic (exact) mass is 499 g/mol. The van der Waals surface area contributed by atoms with Crippen molar-refractivity contribution >= 4 is 28.9 Å². The normalized spacial score (nSPS) is 13.9. The quantitative estimate of drug-likeness (QED) is 0.416. The molecule has 0 saturated carbocycles. The molecule has 3 aromatic rings. The van der Waals surface area contributed by atoms with Gasteiger partial charge in [-0.3, -0.25) is 24.7 Å². The highest BCUT2D eigenvalue weighted by Crippen LogP contribution is 2.36. The molecule has 2 amide bonds. The first-order chi connectivity index (χ1) is 17.1. The van der Waals surface area contributed by atoms with Crippen molar-refractivity contribution in [2.24, 2.45) is 0 Å². The fraction of sp³-hybridized carbons (Fsp3) is 0.208. The molecule has 2 heterocycles. The van der Waals surface area contributed by atoms with E-state index < -0.39 is 22.4 Å². The second-order valence-corrected chi connectivity index (χ2v) is 8.01. The van der Waals surface area contributed by atoms with Crippen LogP contribution >= 0.6 is 0 Å². The van der Waals surface area contributed by atoms with Crippen LogP contribution in [0.2, 0.25) is 0 Å². The molecule has 36 heavy (non-hydrogen) atoms. The summed E-state index contributed by atoms with van der Waals surface area (Å²) in [6.07, 6.45) is -1.73. The van der Waals surface area contributed by atoms with E-state index in [4.69, 9.17) is 0 Å². The van der Waals surface area contributed by atoms with Crippen LogP contribution in [0.1, 0.15) is 26.3 Å². The Kier molecular flexibility index (Phi) is 6.86. The number of hydrogen-bond acceptors (Lipinski definition) is 6. The van der Waals surface area contributed by atoms with Gasteiger partial charge in [-0.2, -0.15) is 13.2 Å². The van der Waals surface area contributed by atoms with E-state index in [1.54, 1.807) is 52.4 Å². The van der Waals surface area contributed by atoms with Gasteiger partial charge < -0.3 is 15.1 Å². The van der Waals surface area contributed by atoms with Crippen LogP contribution in [0.15, 0.2) is 67.0 Å². The molecule has 186 valence electrons. The molecule has 1 N–H and O–H groups in total. The number of carbonyl (C=O) groups excluding carboxylic acids is 2. The predicted octanol–water partition coefficient (Wildman–Crippen LogP) is 4.22. The molecule has 1 saturated heterocycles. The summed E-state index contributed by atoms with van der Waals surface area (Å²) in [6.45, 7) is 0.831. The Morgan fingerprint density at radius 3 is 2.33 bits per heavy atom. The van der Waals surface area contributed by atoms with Gasteiger partial charge in [0, 0.05) is 55.9 Å². The minimum absolute atomic E-state index is 0.0696. The maximum atomic E-state index is 13.0. The number of hydrogen-bond donors (Lipinski definition) is 1. The van der Waals surface area contributed by atoms with Gasteiger partial charge in [-0.05, 0) is 42.5 Å². The van der Waals surface area contributed by atoms with Crippen molar-refractivity contribution in [2.45, 2.75) is 6.18 Å². The molecule has 1 aromatic heterocycles. The summed E-state index contributed by atoms with van der Waals surface area (Å²) in [5.41, 5.74) is -0.534. The van der Waals surface area contributed by atoms with E-state index >= 15 is 0 Å². The number of carbonyl (C=O) groups is 2. The van der Waals surface area contributed by atoms with Gasteiger partial charge in [-0.25, -0.2) is 0 Å². The highest BCUT2D eigenvalue weighted by Gasteiger charge is 2.34. The Bertz CT molecular complexity index is 1290. The number of piperazine rings is 1. The third-order valence-corrected chi connectivity index (χ3v) is 5.70. The lowest BCUT2D eigenvalue weighted by molar-refractivity contribution is -0.384. The molecule has 1 aliphatic heterocycles. The lowest BCUT2D eigenvalue weighted by atomic mass is 10.1. The van der Waals surface area contributed by atoms with E-state index in [0.717, 1.165) is 12.1 Å². The molecule has 0 bridgehead atoms. The Labute approximate surface area is 203 Å². The number of halogens is 3. The Morgan fingerprint density at radius 2 is 1.69 bits per heavy atom. The minimum Gasteiger partial charge on any atom is -0.362 e. The molecular weight excluding hydrogens is 479 g/mol. The molecule has 2 aromatic carbocycles. The standard InChI is InChI=1S/C24H20F3N5O4/c25-24(26,27)18-6-7-20(21(14-18)32(35)36)30-9-11-31(12-10-30)23(34)16-3-1-5-19(13-16)29-22(33)17-4-2-8-28-15-17/h1-8,13-15H,9-12H2,(H,29,33). The number of aromatic nitrogens is 1. The lowest BCUT2D eigenvalue weighted by Crippen LogP contribution is -2.49. The fourth-order valence-corrected chi connectivity index (χ4v) is 3.88. The summed E-state index contributed by atoms with van der Waals surface area (Å²) in [4.78, 5) is 43.0. The first-order valence-corrected chi connectivity index (χ1v) is 10.8. The number of rotatable bonds is 5. The van der Waals surface area contributed by atoms with E-state index in [-0.39, 0.29) is 43.7 Å². The number of pyridine rings is 1. The van der Waals surface area contributed by atoms with Gasteiger partial charge in [0.05, 0.1) is 16.1 Å². The molecule has 1 aliphatic rings. The largest absolute Gasteiger partial charge is 0.416 e. The van der Waals surface area contributed by atoms with Crippen LogP contribution in [-0.4, -0.2) is 52.8 Å². The molecule has 0 atom stereocenters. The predicted molar refractivity (Wildman–Crippen MR) is 125 cm³/mol. The third kappa shape index (κ3) is 5.43. The molecule has 4 rings (SSSR count). The van der Waals surface area contributed by atoms with Crippen molar-refractivity contribution in [1.29, 1.82) is 0 Å². The van der Waals surface area contributed by atoms with Crippen molar-refractivity contribution < 1.29 is 27.7 Å². The average molecular weight is 499 g/mol. The molecular formula is C24H20F3N5O4. The Hall–Kier alpha value is -4.48. The van der Waals surface area contributed by atoms with E-state index in [1.807, 2.05) is 0 Å².